The van der Waals surface area contributed by atoms with Crippen LogP contribution in [-0.4, -0.2) is 16.0 Å². The molecule has 1 heterocycles. The van der Waals surface area contributed by atoms with Crippen molar-refractivity contribution in [3.05, 3.63) is 42.0 Å². The molecule has 0 aliphatic carbocycles. The van der Waals surface area contributed by atoms with Crippen molar-refractivity contribution in [2.24, 2.45) is 0 Å². The third-order valence-electron chi connectivity index (χ3n) is 3.21. The van der Waals surface area contributed by atoms with Crippen molar-refractivity contribution in [1.82, 2.24) is 0 Å². The van der Waals surface area contributed by atoms with Gasteiger partial charge in [0.15, 0.2) is 11.5 Å². The highest BCUT2D eigenvalue weighted by molar-refractivity contribution is 5.56. The van der Waals surface area contributed by atoms with Crippen LogP contribution in [0, 0.1) is 0 Å². The Morgan fingerprint density at radius 1 is 1.00 bits per heavy atom. The first-order valence-electron chi connectivity index (χ1n) is 6.70. The number of hydrogen-bond donors (Lipinski definition) is 3. The fourth-order valence-electron chi connectivity index (χ4n) is 2.23. The lowest BCUT2D eigenvalue weighted by atomic mass is 10.2. The molecular formula is C16H17NO4. The second-order valence-electron chi connectivity index (χ2n) is 5.43. The number of benzene rings is 2. The van der Waals surface area contributed by atoms with Gasteiger partial charge in [-0.1, -0.05) is 0 Å². The van der Waals surface area contributed by atoms with Crippen molar-refractivity contribution in [1.29, 1.82) is 0 Å². The molecule has 110 valence electrons. The summed E-state index contributed by atoms with van der Waals surface area (Å²) in [7, 11) is 0. The normalized spacial score (nSPS) is 15.0. The highest BCUT2D eigenvalue weighted by Gasteiger charge is 2.31. The molecule has 1 aliphatic heterocycles. The van der Waals surface area contributed by atoms with Gasteiger partial charge < -0.3 is 25.0 Å². The Labute approximate surface area is 122 Å². The van der Waals surface area contributed by atoms with Gasteiger partial charge in [-0.2, -0.15) is 0 Å². The largest absolute Gasteiger partial charge is 0.508 e. The second kappa shape index (κ2) is 4.77. The van der Waals surface area contributed by atoms with E-state index in [1.807, 2.05) is 32.0 Å². The summed E-state index contributed by atoms with van der Waals surface area (Å²) in [4.78, 5) is 0. The summed E-state index contributed by atoms with van der Waals surface area (Å²) in [6.45, 7) is 4.15. The molecule has 2 aromatic rings. The monoisotopic (exact) mass is 287 g/mol. The molecule has 0 aromatic heterocycles. The van der Waals surface area contributed by atoms with E-state index in [2.05, 4.69) is 5.32 Å². The summed E-state index contributed by atoms with van der Waals surface area (Å²) in [5, 5.41) is 22.2. The number of phenols is 2. The number of aromatic hydroxyl groups is 2. The van der Waals surface area contributed by atoms with Crippen LogP contribution in [-0.2, 0) is 6.54 Å². The SMILES string of the molecule is CC1(C)Oc2ccc(NCc3ccc(O)cc3O)cc2O1. The average Bonchev–Trinajstić information content (AvgIpc) is 2.70. The quantitative estimate of drug-likeness (QED) is 0.808. The molecule has 3 rings (SSSR count). The number of ether oxygens (including phenoxy) is 2. The average molecular weight is 287 g/mol. The minimum Gasteiger partial charge on any atom is -0.508 e. The van der Waals surface area contributed by atoms with Crippen LogP contribution in [0.1, 0.15) is 19.4 Å². The van der Waals surface area contributed by atoms with Crippen LogP contribution in [0.5, 0.6) is 23.0 Å². The Balaban J connectivity index is 1.72. The third kappa shape index (κ3) is 2.81. The number of phenolic OH excluding ortho intramolecular Hbond substituents is 2. The lowest BCUT2D eigenvalue weighted by Crippen LogP contribution is -2.29. The lowest BCUT2D eigenvalue weighted by molar-refractivity contribution is -0.0431. The minimum absolute atomic E-state index is 0.0431. The molecule has 2 aromatic carbocycles. The van der Waals surface area contributed by atoms with Gasteiger partial charge in [0.1, 0.15) is 11.5 Å². The molecule has 0 atom stereocenters. The summed E-state index contributed by atoms with van der Waals surface area (Å²) >= 11 is 0. The maximum absolute atomic E-state index is 9.75. The van der Waals surface area contributed by atoms with Crippen LogP contribution in [0.4, 0.5) is 5.69 Å². The zero-order valence-corrected chi connectivity index (χ0v) is 11.9. The molecule has 0 fully saturated rings. The summed E-state index contributed by atoms with van der Waals surface area (Å²) in [6, 6.07) is 10.1. The van der Waals surface area contributed by atoms with Crippen molar-refractivity contribution in [2.75, 3.05) is 5.32 Å². The van der Waals surface area contributed by atoms with E-state index in [1.54, 1.807) is 12.1 Å². The van der Waals surface area contributed by atoms with Crippen LogP contribution in [0.2, 0.25) is 0 Å². The third-order valence-corrected chi connectivity index (χ3v) is 3.21. The van der Waals surface area contributed by atoms with Gasteiger partial charge in [0.25, 0.3) is 0 Å². The predicted octanol–water partition coefficient (Wildman–Crippen LogP) is 3.22. The van der Waals surface area contributed by atoms with E-state index in [1.165, 1.54) is 6.07 Å². The van der Waals surface area contributed by atoms with Gasteiger partial charge in [-0.05, 0) is 24.3 Å². The van der Waals surface area contributed by atoms with Gasteiger partial charge in [-0.25, -0.2) is 0 Å². The smallest absolute Gasteiger partial charge is 0.246 e. The molecule has 0 unspecified atom stereocenters. The number of hydrogen-bond acceptors (Lipinski definition) is 5. The molecule has 0 amide bonds. The zero-order chi connectivity index (χ0) is 15.0. The van der Waals surface area contributed by atoms with Crippen molar-refractivity contribution < 1.29 is 19.7 Å². The number of fused-ring (bicyclic) bond motifs is 1. The minimum atomic E-state index is -0.643. The maximum Gasteiger partial charge on any atom is 0.246 e. The van der Waals surface area contributed by atoms with Gasteiger partial charge in [0.2, 0.25) is 5.79 Å². The fourth-order valence-corrected chi connectivity index (χ4v) is 2.23. The first kappa shape index (κ1) is 13.4. The van der Waals surface area contributed by atoms with E-state index >= 15 is 0 Å². The van der Waals surface area contributed by atoms with Gasteiger partial charge in [-0.15, -0.1) is 0 Å². The zero-order valence-electron chi connectivity index (χ0n) is 11.9. The molecule has 0 radical (unpaired) electrons. The van der Waals surface area contributed by atoms with Crippen molar-refractivity contribution in [2.45, 2.75) is 26.2 Å². The molecule has 0 saturated heterocycles. The first-order valence-corrected chi connectivity index (χ1v) is 6.70. The lowest BCUT2D eigenvalue weighted by Gasteiger charge is -2.16. The van der Waals surface area contributed by atoms with Gasteiger partial charge in [-0.3, -0.25) is 0 Å². The molecule has 0 bridgehead atoms. The first-order chi connectivity index (χ1) is 9.93. The van der Waals surface area contributed by atoms with Crippen LogP contribution >= 0.6 is 0 Å². The molecule has 1 aliphatic rings. The predicted molar refractivity (Wildman–Crippen MR) is 78.9 cm³/mol. The Bertz CT molecular complexity index is 682. The Hall–Kier alpha value is -2.56. The van der Waals surface area contributed by atoms with E-state index < -0.39 is 5.79 Å². The Kier molecular flexibility index (Phi) is 3.05. The van der Waals surface area contributed by atoms with E-state index in [0.29, 0.717) is 17.9 Å². The Morgan fingerprint density at radius 3 is 2.52 bits per heavy atom. The number of nitrogens with one attached hydrogen (secondary N) is 1. The van der Waals surface area contributed by atoms with Gasteiger partial charge >= 0.3 is 0 Å². The van der Waals surface area contributed by atoms with Gasteiger partial charge in [0.05, 0.1) is 0 Å². The van der Waals surface area contributed by atoms with E-state index in [0.717, 1.165) is 11.4 Å². The summed E-state index contributed by atoms with van der Waals surface area (Å²) in [5.74, 6) is 0.875. The van der Waals surface area contributed by atoms with Crippen LogP contribution < -0.4 is 14.8 Å². The maximum atomic E-state index is 9.75. The summed E-state index contributed by atoms with van der Waals surface area (Å²) in [5.41, 5.74) is 1.56. The number of anilines is 1. The van der Waals surface area contributed by atoms with Crippen LogP contribution in [0.3, 0.4) is 0 Å². The summed E-state index contributed by atoms with van der Waals surface area (Å²) in [6.07, 6.45) is 0. The molecular weight excluding hydrogens is 270 g/mol. The molecule has 21 heavy (non-hydrogen) atoms. The van der Waals surface area contributed by atoms with E-state index in [9.17, 15) is 10.2 Å². The van der Waals surface area contributed by atoms with Crippen molar-refractivity contribution in [3.8, 4) is 23.0 Å². The molecule has 5 heteroatoms. The summed E-state index contributed by atoms with van der Waals surface area (Å²) < 4.78 is 11.3. The highest BCUT2D eigenvalue weighted by atomic mass is 16.7. The Morgan fingerprint density at radius 2 is 1.76 bits per heavy atom. The molecule has 5 nitrogen and oxygen atoms in total. The van der Waals surface area contributed by atoms with Crippen LogP contribution in [0.25, 0.3) is 0 Å². The topological polar surface area (TPSA) is 71.0 Å². The van der Waals surface area contributed by atoms with E-state index in [-0.39, 0.29) is 11.5 Å². The number of rotatable bonds is 3. The van der Waals surface area contributed by atoms with Crippen molar-refractivity contribution in [3.63, 3.8) is 0 Å². The van der Waals surface area contributed by atoms with E-state index in [4.69, 9.17) is 9.47 Å². The molecule has 0 saturated carbocycles. The highest BCUT2D eigenvalue weighted by Crippen LogP contribution is 2.40. The van der Waals surface area contributed by atoms with Crippen molar-refractivity contribution >= 4 is 5.69 Å². The molecule has 3 N–H and O–H groups in total. The van der Waals surface area contributed by atoms with Gasteiger partial charge in [0, 0.05) is 43.8 Å². The molecule has 0 spiro atoms. The van der Waals surface area contributed by atoms with Crippen LogP contribution in [0.15, 0.2) is 36.4 Å². The standard InChI is InChI=1S/C16H17NO4/c1-16(2)20-14-6-4-11(7-15(14)21-16)17-9-10-3-5-12(18)8-13(10)19/h3-8,17-19H,9H2,1-2H3. The fraction of sp³-hybridized carbons (Fsp3) is 0.250. The second-order valence-corrected chi connectivity index (χ2v) is 5.43.